The fraction of sp³-hybridized carbons (Fsp3) is 0.364. The Morgan fingerprint density at radius 1 is 0.950 bits per heavy atom. The Morgan fingerprint density at radius 3 is 2.25 bits per heavy atom. The van der Waals surface area contributed by atoms with Crippen molar-refractivity contribution in [3.63, 3.8) is 0 Å². The largest absolute Gasteiger partial charge is 0.460 e. The highest BCUT2D eigenvalue weighted by atomic mass is 16.7. The lowest BCUT2D eigenvalue weighted by Crippen LogP contribution is -2.40. The summed E-state index contributed by atoms with van der Waals surface area (Å²) in [5.41, 5.74) is 2.03. The van der Waals surface area contributed by atoms with Crippen LogP contribution in [0.1, 0.15) is 80.3 Å². The molecular weight excluding hydrogens is 506 g/mol. The van der Waals surface area contributed by atoms with Crippen molar-refractivity contribution in [3.05, 3.63) is 89.5 Å². The maximum Gasteiger partial charge on any atom is 0.375 e. The summed E-state index contributed by atoms with van der Waals surface area (Å²) in [4.78, 5) is 55.2. The molecule has 1 saturated carbocycles. The molecule has 0 aromatic heterocycles. The van der Waals surface area contributed by atoms with Gasteiger partial charge in [0.05, 0.1) is 12.0 Å². The van der Waals surface area contributed by atoms with Crippen molar-refractivity contribution >= 4 is 34.8 Å². The van der Waals surface area contributed by atoms with Gasteiger partial charge in [-0.1, -0.05) is 110 Å². The summed E-state index contributed by atoms with van der Waals surface area (Å²) in [6, 6.07) is 16.4. The van der Waals surface area contributed by atoms with E-state index in [0.717, 1.165) is 42.4 Å². The Morgan fingerprint density at radius 2 is 1.65 bits per heavy atom. The van der Waals surface area contributed by atoms with Gasteiger partial charge >= 0.3 is 11.9 Å². The van der Waals surface area contributed by atoms with Crippen molar-refractivity contribution in [2.75, 3.05) is 6.61 Å². The second kappa shape index (κ2) is 13.3. The summed E-state index contributed by atoms with van der Waals surface area (Å²) in [7, 11) is 0. The Labute approximate surface area is 234 Å². The van der Waals surface area contributed by atoms with Gasteiger partial charge in [-0.25, -0.2) is 9.59 Å². The molecule has 208 valence electrons. The number of allylic oxidation sites excluding steroid dienone is 4. The van der Waals surface area contributed by atoms with Crippen molar-refractivity contribution in [1.82, 2.24) is 0 Å². The summed E-state index contributed by atoms with van der Waals surface area (Å²) in [5.74, 6) is -1.92. The molecule has 7 heteroatoms. The van der Waals surface area contributed by atoms with Crippen LogP contribution in [0.2, 0.25) is 0 Å². The SMILES string of the molecule is CCOC(=O)C(=O)C1(c2ccccc2)C=CC(c2ccc(C(=O)C(CC3CCCCC3)=NOC(C)=O)cc2)=CC1. The summed E-state index contributed by atoms with van der Waals surface area (Å²) < 4.78 is 5.04. The van der Waals surface area contributed by atoms with Gasteiger partial charge in [0.1, 0.15) is 5.71 Å². The number of hydrogen-bond acceptors (Lipinski definition) is 7. The zero-order chi connectivity index (χ0) is 28.5. The maximum absolute atomic E-state index is 13.3. The monoisotopic (exact) mass is 541 g/mol. The lowest BCUT2D eigenvalue weighted by molar-refractivity contribution is -0.155. The van der Waals surface area contributed by atoms with E-state index in [2.05, 4.69) is 5.16 Å². The molecule has 1 unspecified atom stereocenters. The Kier molecular flexibility index (Phi) is 9.59. The van der Waals surface area contributed by atoms with Gasteiger partial charge in [-0.2, -0.15) is 0 Å². The average Bonchev–Trinajstić information content (AvgIpc) is 2.99. The number of ketones is 2. The quantitative estimate of drug-likeness (QED) is 0.0890. The molecule has 2 aromatic carbocycles. The van der Waals surface area contributed by atoms with Crippen LogP contribution in [0.25, 0.3) is 5.57 Å². The molecular formula is C33H35NO6. The van der Waals surface area contributed by atoms with Gasteiger partial charge < -0.3 is 9.57 Å². The summed E-state index contributed by atoms with van der Waals surface area (Å²) in [5, 5.41) is 3.92. The first-order valence-corrected chi connectivity index (χ1v) is 13.9. The number of esters is 1. The molecule has 0 aliphatic heterocycles. The van der Waals surface area contributed by atoms with Gasteiger partial charge in [0.15, 0.2) is 0 Å². The van der Waals surface area contributed by atoms with Crippen LogP contribution in [-0.2, 0) is 29.4 Å². The molecule has 0 spiro atoms. The normalized spacial score (nSPS) is 19.4. The Hall–Kier alpha value is -4.13. The van der Waals surface area contributed by atoms with E-state index in [0.29, 0.717) is 24.3 Å². The zero-order valence-corrected chi connectivity index (χ0v) is 23.1. The highest BCUT2D eigenvalue weighted by molar-refractivity contribution is 6.46. The molecule has 0 radical (unpaired) electrons. The van der Waals surface area contributed by atoms with Crippen molar-refractivity contribution in [3.8, 4) is 0 Å². The average molecular weight is 542 g/mol. The summed E-state index contributed by atoms with van der Waals surface area (Å²) >= 11 is 0. The number of nitrogens with zero attached hydrogens (tertiary/aromatic N) is 1. The first-order valence-electron chi connectivity index (χ1n) is 13.9. The van der Waals surface area contributed by atoms with E-state index in [1.165, 1.54) is 13.3 Å². The molecule has 0 N–H and O–H groups in total. The van der Waals surface area contributed by atoms with Crippen LogP contribution in [0.3, 0.4) is 0 Å². The third kappa shape index (κ3) is 6.71. The molecule has 0 saturated heterocycles. The summed E-state index contributed by atoms with van der Waals surface area (Å²) in [6.45, 7) is 3.06. The molecule has 2 aliphatic rings. The topological polar surface area (TPSA) is 99.1 Å². The molecule has 0 bridgehead atoms. The van der Waals surface area contributed by atoms with Crippen LogP contribution in [0.4, 0.5) is 0 Å². The number of carbonyl (C=O) groups excluding carboxylic acids is 4. The van der Waals surface area contributed by atoms with E-state index in [-0.39, 0.29) is 18.1 Å². The number of Topliss-reactive ketones (excluding diaryl/α,β-unsaturated/α-hetero) is 2. The molecule has 2 aliphatic carbocycles. The molecule has 0 amide bonds. The van der Waals surface area contributed by atoms with Gasteiger partial charge in [0.25, 0.3) is 5.78 Å². The number of rotatable bonds is 10. The fourth-order valence-electron chi connectivity index (χ4n) is 5.42. The van der Waals surface area contributed by atoms with Gasteiger partial charge in [-0.15, -0.1) is 0 Å². The van der Waals surface area contributed by atoms with E-state index in [9.17, 15) is 19.2 Å². The first-order chi connectivity index (χ1) is 19.3. The van der Waals surface area contributed by atoms with Crippen LogP contribution >= 0.6 is 0 Å². The standard InChI is InChI=1S/C33H35NO6/c1-3-39-32(38)31(37)33(28-12-8-5-9-13-28)20-18-26(19-21-33)25-14-16-27(17-15-25)30(36)29(34-40-23(2)35)22-24-10-6-4-7-11-24/h5,8-9,12-20,24H,3-4,6-7,10-11,21-22H2,1-2H3. The highest BCUT2D eigenvalue weighted by Crippen LogP contribution is 2.38. The number of carbonyl (C=O) groups is 4. The molecule has 2 aromatic rings. The highest BCUT2D eigenvalue weighted by Gasteiger charge is 2.42. The lowest BCUT2D eigenvalue weighted by atomic mass is 9.70. The second-order valence-corrected chi connectivity index (χ2v) is 10.3. The van der Waals surface area contributed by atoms with Gasteiger partial charge in [0, 0.05) is 12.5 Å². The molecule has 0 heterocycles. The van der Waals surface area contributed by atoms with Crippen LogP contribution in [0.15, 0.2) is 78.0 Å². The molecule has 7 nitrogen and oxygen atoms in total. The van der Waals surface area contributed by atoms with Crippen molar-refractivity contribution in [1.29, 1.82) is 0 Å². The van der Waals surface area contributed by atoms with E-state index in [1.807, 2.05) is 54.6 Å². The van der Waals surface area contributed by atoms with E-state index in [1.54, 1.807) is 25.1 Å². The van der Waals surface area contributed by atoms with E-state index in [4.69, 9.17) is 9.57 Å². The number of hydrogen-bond donors (Lipinski definition) is 0. The lowest BCUT2D eigenvalue weighted by Gasteiger charge is -2.30. The third-order valence-electron chi connectivity index (χ3n) is 7.58. The number of ether oxygens (including phenoxy) is 1. The van der Waals surface area contributed by atoms with Crippen molar-refractivity contribution in [2.24, 2.45) is 11.1 Å². The summed E-state index contributed by atoms with van der Waals surface area (Å²) in [6.07, 6.45) is 11.9. The Balaban J connectivity index is 1.54. The first kappa shape index (κ1) is 28.9. The van der Waals surface area contributed by atoms with Crippen molar-refractivity contribution in [2.45, 2.75) is 64.2 Å². The molecule has 4 rings (SSSR count). The smallest absolute Gasteiger partial charge is 0.375 e. The number of oxime groups is 1. The Bertz CT molecular complexity index is 1330. The van der Waals surface area contributed by atoms with Gasteiger partial charge in [-0.3, -0.25) is 9.59 Å². The van der Waals surface area contributed by atoms with Crippen molar-refractivity contribution < 1.29 is 28.8 Å². The van der Waals surface area contributed by atoms with E-state index < -0.39 is 23.1 Å². The number of benzene rings is 2. The molecule has 40 heavy (non-hydrogen) atoms. The molecule has 1 fully saturated rings. The minimum atomic E-state index is -1.14. The zero-order valence-electron chi connectivity index (χ0n) is 23.1. The van der Waals surface area contributed by atoms with Crippen LogP contribution in [0.5, 0.6) is 0 Å². The van der Waals surface area contributed by atoms with Crippen LogP contribution in [0, 0.1) is 5.92 Å². The van der Waals surface area contributed by atoms with Gasteiger partial charge in [0.2, 0.25) is 5.78 Å². The minimum absolute atomic E-state index is 0.124. The van der Waals surface area contributed by atoms with Gasteiger partial charge in [-0.05, 0) is 42.4 Å². The molecule has 1 atom stereocenters. The second-order valence-electron chi connectivity index (χ2n) is 10.3. The predicted molar refractivity (Wildman–Crippen MR) is 153 cm³/mol. The van der Waals surface area contributed by atoms with E-state index >= 15 is 0 Å². The third-order valence-corrected chi connectivity index (χ3v) is 7.58. The van der Waals surface area contributed by atoms with Crippen LogP contribution < -0.4 is 0 Å². The van der Waals surface area contributed by atoms with Crippen LogP contribution in [-0.4, -0.2) is 35.8 Å². The maximum atomic E-state index is 13.3. The fourth-order valence-corrected chi connectivity index (χ4v) is 5.42. The predicted octanol–water partition coefficient (Wildman–Crippen LogP) is 6.17. The minimum Gasteiger partial charge on any atom is -0.460 e.